The summed E-state index contributed by atoms with van der Waals surface area (Å²) < 4.78 is 5.96. The maximum atomic E-state index is 6.37. The standard InChI is InChI=1S/C29H27ClO/c1-3-21(2)20-31-26-17-15-23(16-18-26)28-14-8-13-27(22-9-5-4-6-10-22)29(28)24-11-7-12-25(30)19-24/h4-19,21H,3,20H2,1-2H3. The lowest BCUT2D eigenvalue weighted by Crippen LogP contribution is -2.06. The van der Waals surface area contributed by atoms with Crippen molar-refractivity contribution in [2.75, 3.05) is 6.61 Å². The summed E-state index contributed by atoms with van der Waals surface area (Å²) in [4.78, 5) is 0. The van der Waals surface area contributed by atoms with Crippen LogP contribution in [0.25, 0.3) is 33.4 Å². The van der Waals surface area contributed by atoms with Crippen molar-refractivity contribution in [1.82, 2.24) is 0 Å². The Labute approximate surface area is 190 Å². The zero-order valence-electron chi connectivity index (χ0n) is 18.0. The Bertz CT molecular complexity index is 1130. The molecule has 1 nitrogen and oxygen atoms in total. The van der Waals surface area contributed by atoms with Gasteiger partial charge in [0.25, 0.3) is 0 Å². The highest BCUT2D eigenvalue weighted by molar-refractivity contribution is 6.30. The van der Waals surface area contributed by atoms with Crippen molar-refractivity contribution >= 4 is 11.6 Å². The fourth-order valence-corrected chi connectivity index (χ4v) is 3.88. The van der Waals surface area contributed by atoms with Gasteiger partial charge >= 0.3 is 0 Å². The number of rotatable bonds is 7. The average molecular weight is 427 g/mol. The Balaban J connectivity index is 1.79. The molecule has 0 N–H and O–H groups in total. The quantitative estimate of drug-likeness (QED) is 0.287. The summed E-state index contributed by atoms with van der Waals surface area (Å²) in [7, 11) is 0. The summed E-state index contributed by atoms with van der Waals surface area (Å²) >= 11 is 6.37. The molecule has 0 fully saturated rings. The number of ether oxygens (including phenoxy) is 1. The fraction of sp³-hybridized carbons (Fsp3) is 0.172. The van der Waals surface area contributed by atoms with Gasteiger partial charge in [-0.25, -0.2) is 0 Å². The molecule has 4 aromatic carbocycles. The van der Waals surface area contributed by atoms with Crippen molar-refractivity contribution in [3.8, 4) is 39.1 Å². The largest absolute Gasteiger partial charge is 0.493 e. The summed E-state index contributed by atoms with van der Waals surface area (Å²) in [6.45, 7) is 5.14. The highest BCUT2D eigenvalue weighted by Gasteiger charge is 2.14. The van der Waals surface area contributed by atoms with Crippen molar-refractivity contribution < 1.29 is 4.74 Å². The Morgan fingerprint density at radius 1 is 0.710 bits per heavy atom. The van der Waals surface area contributed by atoms with Crippen LogP contribution in [0.3, 0.4) is 0 Å². The Kier molecular flexibility index (Phi) is 6.74. The molecule has 0 spiro atoms. The molecule has 0 amide bonds. The molecule has 0 heterocycles. The van der Waals surface area contributed by atoms with Gasteiger partial charge in [0.2, 0.25) is 0 Å². The minimum atomic E-state index is 0.552. The van der Waals surface area contributed by atoms with E-state index in [2.05, 4.69) is 86.6 Å². The third kappa shape index (κ3) is 5.00. The van der Waals surface area contributed by atoms with Crippen molar-refractivity contribution in [2.24, 2.45) is 5.92 Å². The predicted octanol–water partition coefficient (Wildman–Crippen LogP) is 8.77. The zero-order chi connectivity index (χ0) is 21.6. The van der Waals surface area contributed by atoms with Crippen LogP contribution in [0, 0.1) is 5.92 Å². The molecule has 0 saturated carbocycles. The molecular weight excluding hydrogens is 400 g/mol. The van der Waals surface area contributed by atoms with Gasteiger partial charge in [-0.05, 0) is 63.6 Å². The first-order valence-electron chi connectivity index (χ1n) is 10.8. The molecule has 0 aromatic heterocycles. The van der Waals surface area contributed by atoms with Gasteiger partial charge < -0.3 is 4.74 Å². The number of hydrogen-bond donors (Lipinski definition) is 0. The van der Waals surface area contributed by atoms with Gasteiger partial charge in [-0.1, -0.05) is 105 Å². The molecule has 0 saturated heterocycles. The van der Waals surface area contributed by atoms with Gasteiger partial charge in [0, 0.05) is 5.02 Å². The van der Waals surface area contributed by atoms with Crippen molar-refractivity contribution in [3.05, 3.63) is 102 Å². The minimum absolute atomic E-state index is 0.552. The van der Waals surface area contributed by atoms with Crippen LogP contribution < -0.4 is 4.74 Å². The smallest absolute Gasteiger partial charge is 0.119 e. The monoisotopic (exact) mass is 426 g/mol. The van der Waals surface area contributed by atoms with Crippen LogP contribution in [0.2, 0.25) is 5.02 Å². The second kappa shape index (κ2) is 9.85. The molecule has 0 bridgehead atoms. The van der Waals surface area contributed by atoms with E-state index in [1.165, 1.54) is 22.3 Å². The van der Waals surface area contributed by atoms with Crippen LogP contribution in [0.15, 0.2) is 97.1 Å². The highest BCUT2D eigenvalue weighted by atomic mass is 35.5. The van der Waals surface area contributed by atoms with Gasteiger partial charge in [-0.15, -0.1) is 0 Å². The first kappa shape index (κ1) is 21.2. The van der Waals surface area contributed by atoms with Crippen LogP contribution in [-0.4, -0.2) is 6.61 Å². The topological polar surface area (TPSA) is 9.23 Å². The Hall–Kier alpha value is -3.03. The van der Waals surface area contributed by atoms with E-state index in [0.717, 1.165) is 34.9 Å². The van der Waals surface area contributed by atoms with Crippen LogP contribution in [0.1, 0.15) is 20.3 Å². The van der Waals surface area contributed by atoms with Crippen molar-refractivity contribution in [1.29, 1.82) is 0 Å². The second-order valence-electron chi connectivity index (χ2n) is 7.95. The Morgan fingerprint density at radius 3 is 1.97 bits per heavy atom. The molecule has 4 aromatic rings. The summed E-state index contributed by atoms with van der Waals surface area (Å²) in [5.41, 5.74) is 7.01. The predicted molar refractivity (Wildman–Crippen MR) is 133 cm³/mol. The lowest BCUT2D eigenvalue weighted by atomic mass is 9.87. The molecule has 0 aliphatic heterocycles. The summed E-state index contributed by atoms with van der Waals surface area (Å²) in [6.07, 6.45) is 1.12. The van der Waals surface area contributed by atoms with E-state index in [4.69, 9.17) is 16.3 Å². The molecular formula is C29H27ClO. The van der Waals surface area contributed by atoms with Crippen LogP contribution in [0.5, 0.6) is 5.75 Å². The van der Waals surface area contributed by atoms with E-state index < -0.39 is 0 Å². The van der Waals surface area contributed by atoms with Gasteiger partial charge in [0.1, 0.15) is 5.75 Å². The fourth-order valence-electron chi connectivity index (χ4n) is 3.69. The summed E-state index contributed by atoms with van der Waals surface area (Å²) in [6, 6.07) is 33.5. The summed E-state index contributed by atoms with van der Waals surface area (Å²) in [5, 5.41) is 0.736. The average Bonchev–Trinajstić information content (AvgIpc) is 2.83. The molecule has 0 radical (unpaired) electrons. The van der Waals surface area contributed by atoms with E-state index in [1.807, 2.05) is 24.3 Å². The van der Waals surface area contributed by atoms with Crippen molar-refractivity contribution in [2.45, 2.75) is 20.3 Å². The normalized spacial score (nSPS) is 11.8. The minimum Gasteiger partial charge on any atom is -0.493 e. The molecule has 4 rings (SSSR count). The first-order chi connectivity index (χ1) is 15.2. The van der Waals surface area contributed by atoms with Crippen molar-refractivity contribution in [3.63, 3.8) is 0 Å². The van der Waals surface area contributed by atoms with Gasteiger partial charge in [-0.2, -0.15) is 0 Å². The maximum absolute atomic E-state index is 6.37. The zero-order valence-corrected chi connectivity index (χ0v) is 18.8. The molecule has 2 heteroatoms. The lowest BCUT2D eigenvalue weighted by Gasteiger charge is -2.17. The Morgan fingerprint density at radius 2 is 1.32 bits per heavy atom. The van der Waals surface area contributed by atoms with E-state index in [1.54, 1.807) is 0 Å². The third-order valence-electron chi connectivity index (χ3n) is 5.66. The second-order valence-corrected chi connectivity index (χ2v) is 8.39. The molecule has 0 aliphatic carbocycles. The van der Waals surface area contributed by atoms with Gasteiger partial charge in [-0.3, -0.25) is 0 Å². The van der Waals surface area contributed by atoms with E-state index in [0.29, 0.717) is 5.92 Å². The number of hydrogen-bond acceptors (Lipinski definition) is 1. The SMILES string of the molecule is CCC(C)COc1ccc(-c2cccc(-c3ccccc3)c2-c2cccc(Cl)c2)cc1. The summed E-state index contributed by atoms with van der Waals surface area (Å²) in [5.74, 6) is 1.46. The number of halogens is 1. The molecule has 0 aliphatic rings. The van der Waals surface area contributed by atoms with Crippen LogP contribution >= 0.6 is 11.6 Å². The van der Waals surface area contributed by atoms with Crippen LogP contribution in [-0.2, 0) is 0 Å². The van der Waals surface area contributed by atoms with Gasteiger partial charge in [0.05, 0.1) is 6.61 Å². The molecule has 1 atom stereocenters. The first-order valence-corrected chi connectivity index (χ1v) is 11.2. The molecule has 156 valence electrons. The van der Waals surface area contributed by atoms with E-state index in [9.17, 15) is 0 Å². The molecule has 1 unspecified atom stereocenters. The number of benzene rings is 4. The van der Waals surface area contributed by atoms with E-state index in [-0.39, 0.29) is 0 Å². The maximum Gasteiger partial charge on any atom is 0.119 e. The highest BCUT2D eigenvalue weighted by Crippen LogP contribution is 2.41. The van der Waals surface area contributed by atoms with E-state index >= 15 is 0 Å². The lowest BCUT2D eigenvalue weighted by molar-refractivity contribution is 0.256. The molecule has 31 heavy (non-hydrogen) atoms. The third-order valence-corrected chi connectivity index (χ3v) is 5.89. The van der Waals surface area contributed by atoms with Crippen LogP contribution in [0.4, 0.5) is 0 Å². The van der Waals surface area contributed by atoms with Gasteiger partial charge in [0.15, 0.2) is 0 Å².